The van der Waals surface area contributed by atoms with Gasteiger partial charge in [-0.2, -0.15) is 0 Å². The van der Waals surface area contributed by atoms with Gasteiger partial charge in [0.15, 0.2) is 0 Å². The van der Waals surface area contributed by atoms with Crippen molar-refractivity contribution in [2.45, 2.75) is 32.7 Å². The van der Waals surface area contributed by atoms with Gasteiger partial charge in [-0.1, -0.05) is 13.3 Å². The van der Waals surface area contributed by atoms with E-state index in [9.17, 15) is 0 Å². The molecule has 2 N–H and O–H groups in total. The third-order valence-electron chi connectivity index (χ3n) is 3.63. The van der Waals surface area contributed by atoms with E-state index in [4.69, 9.17) is 5.73 Å². The van der Waals surface area contributed by atoms with Crippen molar-refractivity contribution in [3.63, 3.8) is 0 Å². The second-order valence-electron chi connectivity index (χ2n) is 4.86. The van der Waals surface area contributed by atoms with Crippen molar-refractivity contribution in [3.8, 4) is 0 Å². The fourth-order valence-corrected chi connectivity index (χ4v) is 2.98. The van der Waals surface area contributed by atoms with E-state index in [1.54, 1.807) is 0 Å². The highest BCUT2D eigenvalue weighted by Crippen LogP contribution is 2.26. The van der Waals surface area contributed by atoms with E-state index in [1.165, 1.54) is 5.56 Å². The molecule has 0 spiro atoms. The Kier molecular flexibility index (Phi) is 4.05. The first-order chi connectivity index (χ1) is 8.11. The number of piperidine rings is 1. The number of nitrogens with two attached hydrogens (primary N) is 1. The van der Waals surface area contributed by atoms with Gasteiger partial charge in [0.1, 0.15) is 5.82 Å². The minimum Gasteiger partial charge on any atom is -0.356 e. The molecule has 1 aromatic rings. The highest BCUT2D eigenvalue weighted by molar-refractivity contribution is 9.10. The maximum atomic E-state index is 6.14. The van der Waals surface area contributed by atoms with Crippen LogP contribution in [0.1, 0.15) is 25.3 Å². The van der Waals surface area contributed by atoms with Crippen LogP contribution in [0.25, 0.3) is 0 Å². The third kappa shape index (κ3) is 2.80. The van der Waals surface area contributed by atoms with Crippen molar-refractivity contribution in [2.75, 3.05) is 18.0 Å². The van der Waals surface area contributed by atoms with Gasteiger partial charge in [-0.05, 0) is 46.8 Å². The number of pyridine rings is 1. The van der Waals surface area contributed by atoms with Gasteiger partial charge in [0.25, 0.3) is 0 Å². The van der Waals surface area contributed by atoms with Crippen LogP contribution in [0, 0.1) is 12.8 Å². The Morgan fingerprint density at radius 1 is 1.59 bits per heavy atom. The third-order valence-corrected chi connectivity index (χ3v) is 4.07. The van der Waals surface area contributed by atoms with Gasteiger partial charge in [0.05, 0.1) is 0 Å². The minimum atomic E-state index is 0.354. The zero-order chi connectivity index (χ0) is 12.4. The fraction of sp³-hybridized carbons (Fsp3) is 0.615. The van der Waals surface area contributed by atoms with E-state index in [0.29, 0.717) is 12.0 Å². The monoisotopic (exact) mass is 297 g/mol. The molecular formula is C13H20BrN3. The summed E-state index contributed by atoms with van der Waals surface area (Å²) in [6.45, 7) is 6.39. The highest BCUT2D eigenvalue weighted by Gasteiger charge is 2.26. The number of aromatic nitrogens is 1. The molecule has 2 rings (SSSR count). The van der Waals surface area contributed by atoms with Gasteiger partial charge in [-0.15, -0.1) is 0 Å². The molecule has 4 heteroatoms. The quantitative estimate of drug-likeness (QED) is 0.913. The number of aryl methyl sites for hydroxylation is 1. The average molecular weight is 298 g/mol. The lowest BCUT2D eigenvalue weighted by molar-refractivity contribution is 0.346. The standard InChI is InChI=1S/C13H20BrN3/c1-3-10-8-17(5-4-12(10)15)13-9(2)6-11(14)7-16-13/h6-7,10,12H,3-5,8,15H2,1-2H3. The van der Waals surface area contributed by atoms with Crippen LogP contribution in [-0.2, 0) is 0 Å². The predicted octanol–water partition coefficient (Wildman–Crippen LogP) is 2.72. The summed E-state index contributed by atoms with van der Waals surface area (Å²) in [7, 11) is 0. The van der Waals surface area contributed by atoms with Crippen LogP contribution in [0.4, 0.5) is 5.82 Å². The summed E-state index contributed by atoms with van der Waals surface area (Å²) in [6, 6.07) is 2.48. The smallest absolute Gasteiger partial charge is 0.131 e. The predicted molar refractivity (Wildman–Crippen MR) is 75.3 cm³/mol. The molecule has 94 valence electrons. The molecule has 2 heterocycles. The van der Waals surface area contributed by atoms with E-state index in [1.807, 2.05) is 6.20 Å². The summed E-state index contributed by atoms with van der Waals surface area (Å²) in [5.74, 6) is 1.70. The van der Waals surface area contributed by atoms with Crippen LogP contribution in [0.15, 0.2) is 16.7 Å². The van der Waals surface area contributed by atoms with Crippen LogP contribution in [-0.4, -0.2) is 24.1 Å². The highest BCUT2D eigenvalue weighted by atomic mass is 79.9. The molecular weight excluding hydrogens is 278 g/mol. The molecule has 0 saturated carbocycles. The number of rotatable bonds is 2. The van der Waals surface area contributed by atoms with Crippen LogP contribution >= 0.6 is 15.9 Å². The molecule has 3 nitrogen and oxygen atoms in total. The van der Waals surface area contributed by atoms with Crippen LogP contribution < -0.4 is 10.6 Å². The Morgan fingerprint density at radius 3 is 3.00 bits per heavy atom. The Labute approximate surface area is 112 Å². The maximum Gasteiger partial charge on any atom is 0.131 e. The van der Waals surface area contributed by atoms with E-state index >= 15 is 0 Å². The van der Waals surface area contributed by atoms with Crippen molar-refractivity contribution >= 4 is 21.7 Å². The molecule has 2 unspecified atom stereocenters. The first-order valence-electron chi connectivity index (χ1n) is 6.24. The molecule has 0 amide bonds. The molecule has 1 fully saturated rings. The summed E-state index contributed by atoms with van der Waals surface area (Å²) in [5, 5.41) is 0. The number of hydrogen-bond acceptors (Lipinski definition) is 3. The lowest BCUT2D eigenvalue weighted by Crippen LogP contribution is -2.47. The summed E-state index contributed by atoms with van der Waals surface area (Å²) >= 11 is 3.45. The molecule has 1 aliphatic heterocycles. The van der Waals surface area contributed by atoms with Crippen molar-refractivity contribution in [2.24, 2.45) is 11.7 Å². The molecule has 1 aromatic heterocycles. The summed E-state index contributed by atoms with van der Waals surface area (Å²) in [6.07, 6.45) is 4.08. The van der Waals surface area contributed by atoms with E-state index in [2.05, 4.69) is 45.7 Å². The first-order valence-corrected chi connectivity index (χ1v) is 7.03. The molecule has 0 aromatic carbocycles. The lowest BCUT2D eigenvalue weighted by atomic mass is 9.90. The normalized spacial score (nSPS) is 25.1. The van der Waals surface area contributed by atoms with Crippen LogP contribution in [0.3, 0.4) is 0 Å². The van der Waals surface area contributed by atoms with Crippen LogP contribution in [0.5, 0.6) is 0 Å². The van der Waals surface area contributed by atoms with Gasteiger partial charge in [-0.3, -0.25) is 0 Å². The number of halogens is 1. The molecule has 1 saturated heterocycles. The zero-order valence-electron chi connectivity index (χ0n) is 10.5. The van der Waals surface area contributed by atoms with Gasteiger partial charge in [0, 0.05) is 29.8 Å². The molecule has 0 radical (unpaired) electrons. The SMILES string of the molecule is CCC1CN(c2ncc(Br)cc2C)CCC1N. The van der Waals surface area contributed by atoms with E-state index in [-0.39, 0.29) is 0 Å². The molecule has 17 heavy (non-hydrogen) atoms. The maximum absolute atomic E-state index is 6.14. The average Bonchev–Trinajstić information content (AvgIpc) is 2.30. The molecule has 2 atom stereocenters. The fourth-order valence-electron chi connectivity index (χ4n) is 2.54. The minimum absolute atomic E-state index is 0.354. The van der Waals surface area contributed by atoms with Gasteiger partial charge in [0.2, 0.25) is 0 Å². The van der Waals surface area contributed by atoms with E-state index in [0.717, 1.165) is 36.2 Å². The van der Waals surface area contributed by atoms with Crippen molar-refractivity contribution in [3.05, 3.63) is 22.3 Å². The Bertz CT molecular complexity index is 394. The first kappa shape index (κ1) is 12.8. The molecule has 0 bridgehead atoms. The van der Waals surface area contributed by atoms with Gasteiger partial charge >= 0.3 is 0 Å². The Hall–Kier alpha value is -0.610. The van der Waals surface area contributed by atoms with Crippen LogP contribution in [0.2, 0.25) is 0 Å². The number of anilines is 1. The lowest BCUT2D eigenvalue weighted by Gasteiger charge is -2.37. The zero-order valence-corrected chi connectivity index (χ0v) is 12.1. The summed E-state index contributed by atoms with van der Waals surface area (Å²) < 4.78 is 1.04. The topological polar surface area (TPSA) is 42.2 Å². The molecule has 0 aliphatic carbocycles. The van der Waals surface area contributed by atoms with Crippen molar-refractivity contribution < 1.29 is 0 Å². The largest absolute Gasteiger partial charge is 0.356 e. The van der Waals surface area contributed by atoms with E-state index < -0.39 is 0 Å². The van der Waals surface area contributed by atoms with Gasteiger partial charge < -0.3 is 10.6 Å². The summed E-state index contributed by atoms with van der Waals surface area (Å²) in [5.41, 5.74) is 7.36. The van der Waals surface area contributed by atoms with Gasteiger partial charge in [-0.25, -0.2) is 4.98 Å². The van der Waals surface area contributed by atoms with Crippen molar-refractivity contribution in [1.82, 2.24) is 4.98 Å². The summed E-state index contributed by atoms with van der Waals surface area (Å²) in [4.78, 5) is 6.91. The van der Waals surface area contributed by atoms with Crippen molar-refractivity contribution in [1.29, 1.82) is 0 Å². The Morgan fingerprint density at radius 2 is 2.35 bits per heavy atom. The number of hydrogen-bond donors (Lipinski definition) is 1. The molecule has 1 aliphatic rings. The Balaban J connectivity index is 2.17. The second kappa shape index (κ2) is 5.36. The number of nitrogens with zero attached hydrogens (tertiary/aromatic N) is 2. The second-order valence-corrected chi connectivity index (χ2v) is 5.78.